The van der Waals surface area contributed by atoms with Crippen molar-refractivity contribution in [2.45, 2.75) is 6.92 Å². The van der Waals surface area contributed by atoms with Crippen LogP contribution in [0.3, 0.4) is 0 Å². The van der Waals surface area contributed by atoms with E-state index in [9.17, 15) is 4.79 Å². The molecule has 4 nitrogen and oxygen atoms in total. The Balaban J connectivity index is 2.64. The Bertz CT molecular complexity index is 531. The molecule has 15 heavy (non-hydrogen) atoms. The highest BCUT2D eigenvalue weighted by Crippen LogP contribution is 1.99. The molecule has 4 heteroatoms. The second-order valence-electron chi connectivity index (χ2n) is 3.42. The average molecular weight is 202 g/mol. The second kappa shape index (κ2) is 3.65. The summed E-state index contributed by atoms with van der Waals surface area (Å²) in [5.41, 5.74) is 0.722. The zero-order chi connectivity index (χ0) is 10.8. The number of hydrogen-bond donors (Lipinski definition) is 0. The maximum Gasteiger partial charge on any atom is 0.457 e. The number of rotatable bonds is 1. The summed E-state index contributed by atoms with van der Waals surface area (Å²) in [6.45, 7) is 1.93. The number of hydrogen-bond acceptors (Lipinski definition) is 2. The molecule has 0 N–H and O–H groups in total. The van der Waals surface area contributed by atoms with E-state index in [2.05, 4.69) is 4.98 Å². The Hall–Kier alpha value is -1.97. The molecule has 0 saturated heterocycles. The van der Waals surface area contributed by atoms with Gasteiger partial charge in [0.2, 0.25) is 0 Å². The second-order valence-corrected chi connectivity index (χ2v) is 3.42. The molecule has 2 rings (SSSR count). The zero-order valence-electron chi connectivity index (χ0n) is 8.71. The molecule has 0 aliphatic carbocycles. The van der Waals surface area contributed by atoms with Gasteiger partial charge in [0.15, 0.2) is 0 Å². The van der Waals surface area contributed by atoms with E-state index in [1.54, 1.807) is 13.2 Å². The van der Waals surface area contributed by atoms with Gasteiger partial charge in [-0.15, -0.1) is 0 Å². The predicted octanol–water partition coefficient (Wildman–Crippen LogP) is 0.365. The third-order valence-electron chi connectivity index (χ3n) is 2.20. The molecular weight excluding hydrogens is 190 g/mol. The van der Waals surface area contributed by atoms with Crippen LogP contribution in [-0.4, -0.2) is 9.55 Å². The average Bonchev–Trinajstić information content (AvgIpc) is 2.25. The molecule has 0 aliphatic heterocycles. The van der Waals surface area contributed by atoms with E-state index in [1.165, 1.54) is 4.57 Å². The van der Waals surface area contributed by atoms with Crippen molar-refractivity contribution in [3.8, 4) is 5.82 Å². The molecule has 2 aromatic heterocycles. The molecule has 0 aromatic carbocycles. The third kappa shape index (κ3) is 1.79. The van der Waals surface area contributed by atoms with Crippen molar-refractivity contribution in [3.05, 3.63) is 52.8 Å². The maximum atomic E-state index is 11.4. The predicted molar refractivity (Wildman–Crippen MR) is 55.7 cm³/mol. The fourth-order valence-corrected chi connectivity index (χ4v) is 1.46. The van der Waals surface area contributed by atoms with Gasteiger partial charge in [-0.05, 0) is 19.1 Å². The number of aromatic nitrogens is 3. The minimum Gasteiger partial charge on any atom is -0.280 e. The van der Waals surface area contributed by atoms with Crippen LogP contribution in [0, 0.1) is 6.92 Å². The number of pyridine rings is 1. The number of aryl methyl sites for hydroxylation is 2. The van der Waals surface area contributed by atoms with Crippen LogP contribution in [0.25, 0.3) is 5.82 Å². The number of nitrogens with zero attached hydrogens (tertiary/aromatic N) is 3. The maximum absolute atomic E-state index is 11.4. The van der Waals surface area contributed by atoms with E-state index in [1.807, 2.05) is 42.1 Å². The largest absolute Gasteiger partial charge is 0.457 e. The van der Waals surface area contributed by atoms with Crippen LogP contribution in [0.5, 0.6) is 0 Å². The minimum atomic E-state index is -0.244. The van der Waals surface area contributed by atoms with Crippen molar-refractivity contribution in [2.75, 3.05) is 0 Å². The monoisotopic (exact) mass is 202 g/mol. The van der Waals surface area contributed by atoms with Crippen molar-refractivity contribution in [1.29, 1.82) is 0 Å². The Morgan fingerprint density at radius 1 is 1.27 bits per heavy atom. The highest BCUT2D eigenvalue weighted by atomic mass is 16.1. The van der Waals surface area contributed by atoms with Gasteiger partial charge < -0.3 is 0 Å². The van der Waals surface area contributed by atoms with Gasteiger partial charge in [-0.2, -0.15) is 0 Å². The van der Waals surface area contributed by atoms with E-state index < -0.39 is 0 Å². The first-order valence-corrected chi connectivity index (χ1v) is 4.69. The lowest BCUT2D eigenvalue weighted by molar-refractivity contribution is -0.600. The summed E-state index contributed by atoms with van der Waals surface area (Å²) in [6, 6.07) is 5.73. The first-order chi connectivity index (χ1) is 7.18. The van der Waals surface area contributed by atoms with Gasteiger partial charge in [-0.1, -0.05) is 6.07 Å². The fourth-order valence-electron chi connectivity index (χ4n) is 1.46. The third-order valence-corrected chi connectivity index (χ3v) is 2.20. The van der Waals surface area contributed by atoms with Gasteiger partial charge in [0.05, 0.1) is 18.0 Å². The van der Waals surface area contributed by atoms with Gasteiger partial charge in [-0.3, -0.25) is 4.57 Å². The molecule has 0 saturated carbocycles. The molecule has 0 fully saturated rings. The van der Waals surface area contributed by atoms with Crippen molar-refractivity contribution in [3.63, 3.8) is 0 Å². The van der Waals surface area contributed by atoms with E-state index in [4.69, 9.17) is 0 Å². The van der Waals surface area contributed by atoms with Gasteiger partial charge in [0.25, 0.3) is 0 Å². The normalized spacial score (nSPS) is 10.3. The Kier molecular flexibility index (Phi) is 2.33. The molecule has 2 heterocycles. The van der Waals surface area contributed by atoms with Crippen LogP contribution in [-0.2, 0) is 7.05 Å². The van der Waals surface area contributed by atoms with Crippen LogP contribution < -0.4 is 10.3 Å². The minimum absolute atomic E-state index is 0.244. The fraction of sp³-hybridized carbons (Fsp3) is 0.182. The zero-order valence-corrected chi connectivity index (χ0v) is 8.71. The molecule has 0 unspecified atom stereocenters. The van der Waals surface area contributed by atoms with Gasteiger partial charge >= 0.3 is 11.5 Å². The highest BCUT2D eigenvalue weighted by molar-refractivity contribution is 5.20. The van der Waals surface area contributed by atoms with Crippen LogP contribution in [0.15, 0.2) is 41.6 Å². The van der Waals surface area contributed by atoms with E-state index in [0.29, 0.717) is 5.82 Å². The summed E-state index contributed by atoms with van der Waals surface area (Å²) < 4.78 is 3.30. The van der Waals surface area contributed by atoms with Gasteiger partial charge in [0.1, 0.15) is 0 Å². The van der Waals surface area contributed by atoms with Gasteiger partial charge in [0, 0.05) is 18.2 Å². The first kappa shape index (κ1) is 9.58. The standard InChI is InChI=1S/C11H12N3O/c1-9-8-13(2)11(15)12-10(9)14-6-4-3-5-7-14/h3-8H,1-2H3/q+1. The summed E-state index contributed by atoms with van der Waals surface area (Å²) >= 11 is 0. The molecule has 0 bridgehead atoms. The lowest BCUT2D eigenvalue weighted by Crippen LogP contribution is -2.36. The lowest BCUT2D eigenvalue weighted by Gasteiger charge is -1.99. The van der Waals surface area contributed by atoms with Crippen LogP contribution in [0.1, 0.15) is 5.56 Å². The van der Waals surface area contributed by atoms with Crippen LogP contribution in [0.2, 0.25) is 0 Å². The Labute approximate surface area is 87.5 Å². The van der Waals surface area contributed by atoms with Gasteiger partial charge in [-0.25, -0.2) is 9.36 Å². The first-order valence-electron chi connectivity index (χ1n) is 4.69. The van der Waals surface area contributed by atoms with E-state index in [-0.39, 0.29) is 5.69 Å². The topological polar surface area (TPSA) is 38.8 Å². The summed E-state index contributed by atoms with van der Waals surface area (Å²) in [4.78, 5) is 15.4. The summed E-state index contributed by atoms with van der Waals surface area (Å²) in [5.74, 6) is 0.679. The molecule has 0 aliphatic rings. The summed E-state index contributed by atoms with van der Waals surface area (Å²) in [7, 11) is 1.70. The molecule has 0 amide bonds. The lowest BCUT2D eigenvalue weighted by atomic mass is 10.3. The van der Waals surface area contributed by atoms with Crippen molar-refractivity contribution >= 4 is 0 Å². The highest BCUT2D eigenvalue weighted by Gasteiger charge is 2.13. The van der Waals surface area contributed by atoms with Crippen molar-refractivity contribution in [2.24, 2.45) is 7.05 Å². The van der Waals surface area contributed by atoms with E-state index in [0.717, 1.165) is 5.56 Å². The summed E-state index contributed by atoms with van der Waals surface area (Å²) in [5, 5.41) is 0. The molecular formula is C11H12N3O+. The SMILES string of the molecule is Cc1cn(C)c(=O)nc1-[n+]1ccccc1. The Morgan fingerprint density at radius 2 is 1.93 bits per heavy atom. The van der Waals surface area contributed by atoms with Crippen LogP contribution >= 0.6 is 0 Å². The van der Waals surface area contributed by atoms with E-state index >= 15 is 0 Å². The smallest absolute Gasteiger partial charge is 0.280 e. The Morgan fingerprint density at radius 3 is 2.60 bits per heavy atom. The molecule has 0 atom stereocenters. The quantitative estimate of drug-likeness (QED) is 0.626. The summed E-state index contributed by atoms with van der Waals surface area (Å²) in [6.07, 6.45) is 5.52. The van der Waals surface area contributed by atoms with Crippen molar-refractivity contribution in [1.82, 2.24) is 9.55 Å². The molecule has 0 radical (unpaired) electrons. The molecule has 0 spiro atoms. The van der Waals surface area contributed by atoms with Crippen molar-refractivity contribution < 1.29 is 4.57 Å². The molecule has 2 aromatic rings. The van der Waals surface area contributed by atoms with Crippen LogP contribution in [0.4, 0.5) is 0 Å². The molecule has 76 valence electrons.